The van der Waals surface area contributed by atoms with Crippen LogP contribution in [0.3, 0.4) is 0 Å². The van der Waals surface area contributed by atoms with Crippen molar-refractivity contribution in [2.75, 3.05) is 0 Å². The molecule has 0 aliphatic rings. The summed E-state index contributed by atoms with van der Waals surface area (Å²) in [6, 6.07) is 22.2. The lowest BCUT2D eigenvalue weighted by atomic mass is 10.1. The molecule has 5 aromatic rings. The first kappa shape index (κ1) is 13.7. The van der Waals surface area contributed by atoms with Crippen LogP contribution < -0.4 is 0 Å². The summed E-state index contributed by atoms with van der Waals surface area (Å²) in [7, 11) is 0. The number of rotatable bonds is 2. The Bertz CT molecular complexity index is 1220. The minimum Gasteiger partial charge on any atom is -0.341 e. The van der Waals surface area contributed by atoms with Crippen LogP contribution >= 0.6 is 0 Å². The van der Waals surface area contributed by atoms with Gasteiger partial charge in [0.15, 0.2) is 0 Å². The van der Waals surface area contributed by atoms with Gasteiger partial charge in [0.25, 0.3) is 0 Å². The normalized spacial score (nSPS) is 12.1. The van der Waals surface area contributed by atoms with Crippen LogP contribution in [0.5, 0.6) is 0 Å². The van der Waals surface area contributed by atoms with Gasteiger partial charge in [0.05, 0.1) is 11.0 Å². The minimum atomic E-state index is 0.981. The fourth-order valence-corrected chi connectivity index (χ4v) is 4.35. The van der Waals surface area contributed by atoms with Crippen LogP contribution in [-0.4, -0.2) is 9.13 Å². The smallest absolute Gasteiger partial charge is 0.0592 e. The average molecular weight is 312 g/mol. The maximum atomic E-state index is 2.47. The molecule has 0 bridgehead atoms. The molecule has 118 valence electrons. The molecule has 0 unspecified atom stereocenters. The monoisotopic (exact) mass is 312 g/mol. The molecule has 2 heteroatoms. The molecule has 0 saturated heterocycles. The van der Waals surface area contributed by atoms with Gasteiger partial charge in [-0.25, -0.2) is 0 Å². The largest absolute Gasteiger partial charge is 0.341 e. The molecule has 0 spiro atoms. The summed E-state index contributed by atoms with van der Waals surface area (Å²) in [6.45, 7) is 6.44. The topological polar surface area (TPSA) is 9.86 Å². The summed E-state index contributed by atoms with van der Waals surface area (Å²) in [4.78, 5) is 0. The third-order valence-electron chi connectivity index (χ3n) is 5.30. The van der Waals surface area contributed by atoms with Crippen molar-refractivity contribution in [1.82, 2.24) is 9.13 Å². The molecule has 0 aliphatic carbocycles. The second-order valence-corrected chi connectivity index (χ2v) is 6.38. The molecule has 0 amide bonds. The summed E-state index contributed by atoms with van der Waals surface area (Å²) in [5.41, 5.74) is 5.37. The van der Waals surface area contributed by atoms with E-state index >= 15 is 0 Å². The first-order chi connectivity index (χ1) is 11.8. The summed E-state index contributed by atoms with van der Waals surface area (Å²) in [5, 5.41) is 5.46. The van der Waals surface area contributed by atoms with Gasteiger partial charge in [0.2, 0.25) is 0 Å². The third-order valence-corrected chi connectivity index (χ3v) is 5.30. The van der Waals surface area contributed by atoms with Crippen molar-refractivity contribution in [3.05, 3.63) is 60.7 Å². The van der Waals surface area contributed by atoms with E-state index in [0.717, 1.165) is 13.1 Å². The number of aryl methyl sites for hydroxylation is 2. The lowest BCUT2D eigenvalue weighted by molar-refractivity contribution is 0.823. The first-order valence-corrected chi connectivity index (χ1v) is 8.76. The van der Waals surface area contributed by atoms with Crippen LogP contribution in [0.1, 0.15) is 13.8 Å². The van der Waals surface area contributed by atoms with Crippen LogP contribution in [0.2, 0.25) is 0 Å². The quantitative estimate of drug-likeness (QED) is 0.381. The van der Waals surface area contributed by atoms with Gasteiger partial charge in [-0.2, -0.15) is 0 Å². The van der Waals surface area contributed by atoms with Gasteiger partial charge in [0, 0.05) is 45.7 Å². The molecule has 0 atom stereocenters. The van der Waals surface area contributed by atoms with E-state index in [4.69, 9.17) is 0 Å². The molecule has 2 heterocycles. The van der Waals surface area contributed by atoms with Crippen molar-refractivity contribution in [3.63, 3.8) is 0 Å². The lowest BCUT2D eigenvalue weighted by Gasteiger charge is -2.06. The Hall–Kier alpha value is -2.74. The molecule has 0 saturated carbocycles. The molecule has 0 aliphatic heterocycles. The highest BCUT2D eigenvalue weighted by atomic mass is 15.0. The van der Waals surface area contributed by atoms with E-state index in [0.29, 0.717) is 0 Å². The van der Waals surface area contributed by atoms with E-state index < -0.39 is 0 Å². The van der Waals surface area contributed by atoms with Gasteiger partial charge in [-0.05, 0) is 32.0 Å². The molecule has 0 radical (unpaired) electrons. The van der Waals surface area contributed by atoms with Crippen LogP contribution in [0, 0.1) is 0 Å². The SMILES string of the molecule is CCn1c2ccccc2c2c1ccc1c3ccccc3n(CC)c12. The standard InChI is InChI=1S/C22H20N2/c1-3-23-19-12-8-6-10-17(19)21-20(23)14-13-16-15-9-5-7-11-18(15)24(4-2)22(16)21/h5-14H,3-4H2,1-2H3. The van der Waals surface area contributed by atoms with E-state index in [1.54, 1.807) is 0 Å². The van der Waals surface area contributed by atoms with Gasteiger partial charge in [0.1, 0.15) is 0 Å². The van der Waals surface area contributed by atoms with E-state index in [-0.39, 0.29) is 0 Å². The second-order valence-electron chi connectivity index (χ2n) is 6.38. The Morgan fingerprint density at radius 3 is 1.92 bits per heavy atom. The van der Waals surface area contributed by atoms with Crippen molar-refractivity contribution >= 4 is 43.6 Å². The van der Waals surface area contributed by atoms with E-state index in [1.807, 2.05) is 0 Å². The van der Waals surface area contributed by atoms with E-state index in [1.165, 1.54) is 43.6 Å². The molecular formula is C22H20N2. The van der Waals surface area contributed by atoms with Crippen molar-refractivity contribution in [1.29, 1.82) is 0 Å². The Balaban J connectivity index is 2.16. The number of hydrogen-bond donors (Lipinski definition) is 0. The van der Waals surface area contributed by atoms with E-state index in [2.05, 4.69) is 83.6 Å². The van der Waals surface area contributed by atoms with Gasteiger partial charge in [-0.15, -0.1) is 0 Å². The predicted molar refractivity (Wildman–Crippen MR) is 104 cm³/mol. The fourth-order valence-electron chi connectivity index (χ4n) is 4.35. The highest BCUT2D eigenvalue weighted by Crippen LogP contribution is 2.39. The number of aromatic nitrogens is 2. The zero-order valence-electron chi connectivity index (χ0n) is 14.1. The van der Waals surface area contributed by atoms with Crippen molar-refractivity contribution in [2.24, 2.45) is 0 Å². The summed E-state index contributed by atoms with van der Waals surface area (Å²) >= 11 is 0. The summed E-state index contributed by atoms with van der Waals surface area (Å²) in [6.07, 6.45) is 0. The number of benzene rings is 3. The number of para-hydroxylation sites is 2. The van der Waals surface area contributed by atoms with Crippen LogP contribution in [0.25, 0.3) is 43.6 Å². The predicted octanol–water partition coefficient (Wildman–Crippen LogP) is 5.94. The molecule has 0 N–H and O–H groups in total. The molecule has 2 aromatic heterocycles. The van der Waals surface area contributed by atoms with Crippen molar-refractivity contribution < 1.29 is 0 Å². The lowest BCUT2D eigenvalue weighted by Crippen LogP contribution is -1.94. The maximum Gasteiger partial charge on any atom is 0.0592 e. The number of fused-ring (bicyclic) bond motifs is 7. The van der Waals surface area contributed by atoms with Gasteiger partial charge in [-0.3, -0.25) is 0 Å². The second kappa shape index (κ2) is 4.88. The average Bonchev–Trinajstić information content (AvgIpc) is 3.13. The molecule has 3 aromatic carbocycles. The zero-order chi connectivity index (χ0) is 16.3. The Morgan fingerprint density at radius 2 is 1.21 bits per heavy atom. The molecule has 5 rings (SSSR count). The summed E-state index contributed by atoms with van der Waals surface area (Å²) < 4.78 is 4.90. The fraction of sp³-hybridized carbons (Fsp3) is 0.182. The highest BCUT2D eigenvalue weighted by molar-refractivity contribution is 6.25. The number of nitrogens with zero attached hydrogens (tertiary/aromatic N) is 2. The maximum absolute atomic E-state index is 2.47. The molecular weight excluding hydrogens is 292 g/mol. The molecule has 0 fully saturated rings. The Morgan fingerprint density at radius 1 is 0.583 bits per heavy atom. The zero-order valence-corrected chi connectivity index (χ0v) is 14.1. The van der Waals surface area contributed by atoms with Gasteiger partial charge >= 0.3 is 0 Å². The Labute approximate surface area is 140 Å². The molecule has 2 nitrogen and oxygen atoms in total. The van der Waals surface area contributed by atoms with Crippen molar-refractivity contribution in [3.8, 4) is 0 Å². The highest BCUT2D eigenvalue weighted by Gasteiger charge is 2.17. The molecule has 24 heavy (non-hydrogen) atoms. The van der Waals surface area contributed by atoms with Crippen LogP contribution in [0.15, 0.2) is 60.7 Å². The van der Waals surface area contributed by atoms with Gasteiger partial charge in [-0.1, -0.05) is 42.5 Å². The summed E-state index contributed by atoms with van der Waals surface area (Å²) in [5.74, 6) is 0. The first-order valence-electron chi connectivity index (χ1n) is 8.76. The van der Waals surface area contributed by atoms with Crippen LogP contribution in [-0.2, 0) is 13.1 Å². The third kappa shape index (κ3) is 1.56. The minimum absolute atomic E-state index is 0.981. The van der Waals surface area contributed by atoms with Gasteiger partial charge < -0.3 is 9.13 Å². The van der Waals surface area contributed by atoms with Crippen LogP contribution in [0.4, 0.5) is 0 Å². The number of hydrogen-bond acceptors (Lipinski definition) is 0. The Kier molecular flexibility index (Phi) is 2.78. The van der Waals surface area contributed by atoms with Crippen molar-refractivity contribution in [2.45, 2.75) is 26.9 Å². The van der Waals surface area contributed by atoms with E-state index in [9.17, 15) is 0 Å².